The van der Waals surface area contributed by atoms with Gasteiger partial charge in [0.1, 0.15) is 0 Å². The van der Waals surface area contributed by atoms with Crippen molar-refractivity contribution in [2.24, 2.45) is 5.92 Å². The largest absolute Gasteiger partial charge is 0.377 e. The van der Waals surface area contributed by atoms with Gasteiger partial charge in [-0.05, 0) is 52.0 Å². The maximum absolute atomic E-state index is 5.92. The molecule has 0 aromatic rings. The number of nitrogens with one attached hydrogen (secondary N) is 1. The van der Waals surface area contributed by atoms with Crippen LogP contribution in [-0.2, 0) is 4.74 Å². The van der Waals surface area contributed by atoms with Crippen molar-refractivity contribution in [1.29, 1.82) is 0 Å². The Hall–Kier alpha value is -0.340. The Morgan fingerprint density at radius 2 is 2.12 bits per heavy atom. The first-order valence-corrected chi connectivity index (χ1v) is 6.68. The molecule has 2 atom stereocenters. The highest BCUT2D eigenvalue weighted by Gasteiger charge is 2.36. The molecule has 0 bridgehead atoms. The first kappa shape index (κ1) is 13.7. The lowest BCUT2D eigenvalue weighted by Crippen LogP contribution is -2.43. The van der Waals surface area contributed by atoms with Crippen LogP contribution in [0.2, 0.25) is 0 Å². The summed E-state index contributed by atoms with van der Waals surface area (Å²) >= 11 is 0. The van der Waals surface area contributed by atoms with Crippen molar-refractivity contribution in [2.75, 3.05) is 13.2 Å². The summed E-state index contributed by atoms with van der Waals surface area (Å²) in [5.41, 5.74) is 1.25. The first-order chi connectivity index (χ1) is 7.69. The summed E-state index contributed by atoms with van der Waals surface area (Å²) in [6, 6.07) is 0.463. The number of hydrogen-bond donors (Lipinski definition) is 1. The van der Waals surface area contributed by atoms with Gasteiger partial charge in [-0.3, -0.25) is 0 Å². The molecule has 1 saturated carbocycles. The van der Waals surface area contributed by atoms with Crippen molar-refractivity contribution >= 4 is 0 Å². The Morgan fingerprint density at radius 1 is 1.44 bits per heavy atom. The fourth-order valence-electron chi connectivity index (χ4n) is 2.21. The number of ether oxygens (including phenoxy) is 1. The van der Waals surface area contributed by atoms with Gasteiger partial charge >= 0.3 is 0 Å². The van der Waals surface area contributed by atoms with Gasteiger partial charge in [0.2, 0.25) is 0 Å². The van der Waals surface area contributed by atoms with Gasteiger partial charge in [0.25, 0.3) is 0 Å². The summed E-state index contributed by atoms with van der Waals surface area (Å²) in [7, 11) is 0. The topological polar surface area (TPSA) is 21.3 Å². The third kappa shape index (κ3) is 4.67. The molecule has 1 aliphatic carbocycles. The number of hydrogen-bond acceptors (Lipinski definition) is 2. The molecule has 94 valence electrons. The molecule has 2 heteroatoms. The smallest absolute Gasteiger partial charge is 0.0759 e. The van der Waals surface area contributed by atoms with Crippen molar-refractivity contribution in [2.45, 2.75) is 58.6 Å². The van der Waals surface area contributed by atoms with Crippen LogP contribution in [0.3, 0.4) is 0 Å². The van der Waals surface area contributed by atoms with Crippen LogP contribution in [0.4, 0.5) is 0 Å². The van der Waals surface area contributed by atoms with E-state index in [1.165, 1.54) is 24.8 Å². The second-order valence-electron chi connectivity index (χ2n) is 4.98. The van der Waals surface area contributed by atoms with Crippen molar-refractivity contribution < 1.29 is 4.74 Å². The van der Waals surface area contributed by atoms with E-state index >= 15 is 0 Å². The Bertz CT molecular complexity index is 211. The van der Waals surface area contributed by atoms with Crippen molar-refractivity contribution in [3.8, 4) is 0 Å². The molecular weight excluding hydrogens is 198 g/mol. The Morgan fingerprint density at radius 3 is 2.56 bits per heavy atom. The minimum Gasteiger partial charge on any atom is -0.377 e. The van der Waals surface area contributed by atoms with Gasteiger partial charge in [0.15, 0.2) is 0 Å². The van der Waals surface area contributed by atoms with E-state index in [1.54, 1.807) is 0 Å². The fraction of sp³-hybridized carbons (Fsp3) is 0.857. The zero-order valence-corrected chi connectivity index (χ0v) is 11.1. The van der Waals surface area contributed by atoms with Crippen LogP contribution in [0.25, 0.3) is 0 Å². The Balaban J connectivity index is 2.51. The van der Waals surface area contributed by atoms with E-state index in [2.05, 4.69) is 32.7 Å². The summed E-state index contributed by atoms with van der Waals surface area (Å²) in [6.45, 7) is 12.3. The van der Waals surface area contributed by atoms with Crippen LogP contribution in [-0.4, -0.2) is 25.3 Å². The fourth-order valence-corrected chi connectivity index (χ4v) is 2.21. The predicted octanol–water partition coefficient (Wildman–Crippen LogP) is 3.14. The zero-order chi connectivity index (χ0) is 12.0. The summed E-state index contributed by atoms with van der Waals surface area (Å²) in [5.74, 6) is 0.786. The van der Waals surface area contributed by atoms with Gasteiger partial charge in [0.05, 0.1) is 6.10 Å². The molecule has 0 aromatic heterocycles. The lowest BCUT2D eigenvalue weighted by Gasteiger charge is -2.28. The van der Waals surface area contributed by atoms with Gasteiger partial charge in [0, 0.05) is 12.6 Å². The monoisotopic (exact) mass is 225 g/mol. The minimum atomic E-state index is 0.397. The van der Waals surface area contributed by atoms with Crippen molar-refractivity contribution in [3.05, 3.63) is 12.2 Å². The molecule has 0 aromatic carbocycles. The van der Waals surface area contributed by atoms with Gasteiger partial charge in [-0.25, -0.2) is 0 Å². The van der Waals surface area contributed by atoms with E-state index in [0.717, 1.165) is 25.5 Å². The normalized spacial score (nSPS) is 19.4. The first-order valence-electron chi connectivity index (χ1n) is 6.68. The summed E-state index contributed by atoms with van der Waals surface area (Å²) in [6.07, 6.45) is 5.29. The third-order valence-electron chi connectivity index (χ3n) is 3.07. The Kier molecular flexibility index (Phi) is 6.07. The average molecular weight is 225 g/mol. The molecule has 1 N–H and O–H groups in total. The number of rotatable bonds is 9. The SMILES string of the molecule is C=C(C)CC(NCCC)C(OCC)C1CC1. The molecule has 0 radical (unpaired) electrons. The van der Waals surface area contributed by atoms with E-state index in [-0.39, 0.29) is 0 Å². The van der Waals surface area contributed by atoms with Gasteiger partial charge in [-0.1, -0.05) is 12.5 Å². The maximum Gasteiger partial charge on any atom is 0.0759 e. The molecule has 0 spiro atoms. The van der Waals surface area contributed by atoms with Gasteiger partial charge < -0.3 is 10.1 Å². The molecule has 1 rings (SSSR count). The summed E-state index contributed by atoms with van der Waals surface area (Å²) in [4.78, 5) is 0. The highest BCUT2D eigenvalue weighted by atomic mass is 16.5. The second-order valence-corrected chi connectivity index (χ2v) is 4.98. The van der Waals surface area contributed by atoms with Crippen molar-refractivity contribution in [1.82, 2.24) is 5.32 Å². The molecule has 2 nitrogen and oxygen atoms in total. The molecular formula is C14H27NO. The van der Waals surface area contributed by atoms with Crippen LogP contribution >= 0.6 is 0 Å². The maximum atomic E-state index is 5.92. The molecule has 1 fully saturated rings. The zero-order valence-electron chi connectivity index (χ0n) is 11.1. The van der Waals surface area contributed by atoms with Crippen LogP contribution in [0, 0.1) is 5.92 Å². The van der Waals surface area contributed by atoms with Crippen LogP contribution in [0.1, 0.15) is 46.5 Å². The molecule has 16 heavy (non-hydrogen) atoms. The van der Waals surface area contributed by atoms with Crippen molar-refractivity contribution in [3.63, 3.8) is 0 Å². The third-order valence-corrected chi connectivity index (χ3v) is 3.07. The quantitative estimate of drug-likeness (QED) is 0.609. The minimum absolute atomic E-state index is 0.397. The molecule has 1 aliphatic rings. The molecule has 2 unspecified atom stereocenters. The highest BCUT2D eigenvalue weighted by molar-refractivity contribution is 4.99. The Labute approximate surface area is 100 Å². The molecule has 0 saturated heterocycles. The van der Waals surface area contributed by atoms with Gasteiger partial charge in [-0.2, -0.15) is 0 Å². The van der Waals surface area contributed by atoms with Gasteiger partial charge in [-0.15, -0.1) is 6.58 Å². The summed E-state index contributed by atoms with van der Waals surface area (Å²) in [5, 5.41) is 3.62. The molecule has 0 heterocycles. The van der Waals surface area contributed by atoms with E-state index < -0.39 is 0 Å². The second kappa shape index (κ2) is 7.08. The lowest BCUT2D eigenvalue weighted by molar-refractivity contribution is 0.0193. The average Bonchev–Trinajstić information content (AvgIpc) is 3.04. The summed E-state index contributed by atoms with van der Waals surface area (Å²) < 4.78 is 5.92. The van der Waals surface area contributed by atoms with Crippen LogP contribution in [0.15, 0.2) is 12.2 Å². The molecule has 0 aliphatic heterocycles. The van der Waals surface area contributed by atoms with E-state index in [1.807, 2.05) is 0 Å². The van der Waals surface area contributed by atoms with E-state index in [0.29, 0.717) is 12.1 Å². The predicted molar refractivity (Wildman–Crippen MR) is 69.7 cm³/mol. The van der Waals surface area contributed by atoms with E-state index in [4.69, 9.17) is 4.74 Å². The van der Waals surface area contributed by atoms with E-state index in [9.17, 15) is 0 Å². The standard InChI is InChI=1S/C14H27NO/c1-5-9-15-13(10-11(3)4)14(16-6-2)12-7-8-12/h12-15H,3,5-10H2,1-2,4H3. The lowest BCUT2D eigenvalue weighted by atomic mass is 9.99. The highest BCUT2D eigenvalue weighted by Crippen LogP contribution is 2.36. The molecule has 0 amide bonds. The van der Waals surface area contributed by atoms with Crippen LogP contribution in [0.5, 0.6) is 0 Å². The van der Waals surface area contributed by atoms with Crippen LogP contribution < -0.4 is 5.32 Å².